The molecule has 0 spiro atoms. The highest BCUT2D eigenvalue weighted by Crippen LogP contribution is 2.39. The fraction of sp³-hybridized carbons (Fsp3) is 0.652. The van der Waals surface area contributed by atoms with Gasteiger partial charge in [-0.1, -0.05) is 49.1 Å². The maximum absolute atomic E-state index is 13.0. The molecule has 7 heteroatoms. The molecule has 30 heavy (non-hydrogen) atoms. The number of halogens is 1. The Morgan fingerprint density at radius 2 is 1.93 bits per heavy atom. The fourth-order valence-corrected chi connectivity index (χ4v) is 6.12. The van der Waals surface area contributed by atoms with Crippen LogP contribution < -0.4 is 9.64 Å². The second kappa shape index (κ2) is 9.73. The highest BCUT2D eigenvalue weighted by atomic mass is 35.5. The summed E-state index contributed by atoms with van der Waals surface area (Å²) in [6, 6.07) is 3.72. The Bertz CT molecular complexity index is 871. The lowest BCUT2D eigenvalue weighted by Gasteiger charge is -2.37. The zero-order valence-corrected chi connectivity index (χ0v) is 19.6. The Kier molecular flexibility index (Phi) is 7.04. The van der Waals surface area contributed by atoms with E-state index in [9.17, 15) is 4.79 Å². The summed E-state index contributed by atoms with van der Waals surface area (Å²) in [5.74, 6) is 2.20. The molecule has 0 radical (unpaired) electrons. The summed E-state index contributed by atoms with van der Waals surface area (Å²) in [5.41, 5.74) is 0.823. The Hall–Kier alpha value is -1.53. The minimum absolute atomic E-state index is 0.236. The molecule has 1 aromatic heterocycles. The molecule has 4 rings (SSSR count). The number of aromatic nitrogens is 1. The molecule has 0 bridgehead atoms. The summed E-state index contributed by atoms with van der Waals surface area (Å²) >= 11 is 7.97. The zero-order valence-electron chi connectivity index (χ0n) is 18.0. The van der Waals surface area contributed by atoms with Gasteiger partial charge < -0.3 is 14.5 Å². The van der Waals surface area contributed by atoms with Gasteiger partial charge in [-0.25, -0.2) is 4.98 Å². The maximum atomic E-state index is 13.0. The lowest BCUT2D eigenvalue weighted by atomic mass is 9.79. The third-order valence-electron chi connectivity index (χ3n) is 6.69. The van der Waals surface area contributed by atoms with Gasteiger partial charge in [0.05, 0.1) is 16.8 Å². The van der Waals surface area contributed by atoms with Gasteiger partial charge in [-0.2, -0.15) is 0 Å². The average Bonchev–Trinajstić information content (AvgIpc) is 3.24. The molecule has 1 saturated heterocycles. The van der Waals surface area contributed by atoms with Gasteiger partial charge in [-0.15, -0.1) is 0 Å². The number of ether oxygens (including phenoxy) is 1. The van der Waals surface area contributed by atoms with E-state index in [-0.39, 0.29) is 5.92 Å². The summed E-state index contributed by atoms with van der Waals surface area (Å²) in [4.78, 5) is 22.2. The first-order chi connectivity index (χ1) is 14.6. The van der Waals surface area contributed by atoms with Crippen molar-refractivity contribution >= 4 is 44.2 Å². The summed E-state index contributed by atoms with van der Waals surface area (Å²) in [5, 5.41) is 1.66. The molecule has 2 aromatic rings. The standard InChI is InChI=1S/C23H32ClN3O2S/c1-3-4-5-16-6-8-17(9-7-16)22(28)26-12-14-27(15-13-26)23-25-20-19(29-2)11-10-18(24)21(20)30-23/h10-11,16-17H,3-9,12-15H2,1-2H3. The second-order valence-corrected chi connectivity index (χ2v) is 9.98. The minimum Gasteiger partial charge on any atom is -0.494 e. The number of piperazine rings is 1. The van der Waals surface area contributed by atoms with Crippen molar-refractivity contribution in [1.29, 1.82) is 0 Å². The van der Waals surface area contributed by atoms with Crippen LogP contribution in [0, 0.1) is 11.8 Å². The molecule has 1 aromatic carbocycles. The number of carbonyl (C=O) groups is 1. The third kappa shape index (κ3) is 4.54. The van der Waals surface area contributed by atoms with E-state index in [1.807, 2.05) is 12.1 Å². The molecule has 1 amide bonds. The molecule has 0 unspecified atom stereocenters. The number of thiazole rings is 1. The number of rotatable bonds is 6. The van der Waals surface area contributed by atoms with E-state index < -0.39 is 0 Å². The first-order valence-electron chi connectivity index (χ1n) is 11.3. The molecule has 0 N–H and O–H groups in total. The molecule has 1 aliphatic heterocycles. The highest BCUT2D eigenvalue weighted by Gasteiger charge is 2.31. The van der Waals surface area contributed by atoms with Crippen molar-refractivity contribution < 1.29 is 9.53 Å². The molecular weight excluding hydrogens is 418 g/mol. The predicted molar refractivity (Wildman–Crippen MR) is 125 cm³/mol. The average molecular weight is 450 g/mol. The largest absolute Gasteiger partial charge is 0.494 e. The Balaban J connectivity index is 1.34. The van der Waals surface area contributed by atoms with Gasteiger partial charge in [0.2, 0.25) is 5.91 Å². The van der Waals surface area contributed by atoms with Crippen molar-refractivity contribution in [3.8, 4) is 5.75 Å². The molecular formula is C23H32ClN3O2S. The first kappa shape index (κ1) is 21.7. The Morgan fingerprint density at radius 1 is 1.20 bits per heavy atom. The third-order valence-corrected chi connectivity index (χ3v) is 8.27. The summed E-state index contributed by atoms with van der Waals surface area (Å²) < 4.78 is 6.40. The van der Waals surface area contributed by atoms with Crippen LogP contribution in [0.1, 0.15) is 51.9 Å². The van der Waals surface area contributed by atoms with E-state index in [2.05, 4.69) is 16.7 Å². The normalized spacial score (nSPS) is 22.5. The van der Waals surface area contributed by atoms with Gasteiger partial charge in [0.1, 0.15) is 11.3 Å². The molecule has 164 valence electrons. The minimum atomic E-state index is 0.236. The van der Waals surface area contributed by atoms with Crippen LogP contribution in [0.2, 0.25) is 5.02 Å². The van der Waals surface area contributed by atoms with Gasteiger partial charge in [-0.3, -0.25) is 4.79 Å². The molecule has 2 fully saturated rings. The lowest BCUT2D eigenvalue weighted by molar-refractivity contribution is -0.137. The van der Waals surface area contributed by atoms with E-state index in [0.29, 0.717) is 10.9 Å². The van der Waals surface area contributed by atoms with Crippen LogP contribution in [0.25, 0.3) is 10.2 Å². The fourth-order valence-electron chi connectivity index (χ4n) is 4.81. The van der Waals surface area contributed by atoms with Crippen LogP contribution in [0.3, 0.4) is 0 Å². The summed E-state index contributed by atoms with van der Waals surface area (Å²) in [6.07, 6.45) is 8.54. The smallest absolute Gasteiger partial charge is 0.225 e. The number of amides is 1. The molecule has 0 atom stereocenters. The van der Waals surface area contributed by atoms with Crippen LogP contribution in [0.5, 0.6) is 5.75 Å². The van der Waals surface area contributed by atoms with Crippen molar-refractivity contribution in [3.63, 3.8) is 0 Å². The van der Waals surface area contributed by atoms with Crippen LogP contribution in [-0.2, 0) is 4.79 Å². The molecule has 5 nitrogen and oxygen atoms in total. The number of carbonyl (C=O) groups excluding carboxylic acids is 1. The second-order valence-electron chi connectivity index (χ2n) is 8.60. The number of unbranched alkanes of at least 4 members (excludes halogenated alkanes) is 1. The van der Waals surface area contributed by atoms with Gasteiger partial charge >= 0.3 is 0 Å². The van der Waals surface area contributed by atoms with Crippen LogP contribution in [0.15, 0.2) is 12.1 Å². The predicted octanol–water partition coefficient (Wildman–Crippen LogP) is 5.60. The summed E-state index contributed by atoms with van der Waals surface area (Å²) in [7, 11) is 1.66. The molecule has 1 aliphatic carbocycles. The maximum Gasteiger partial charge on any atom is 0.225 e. The number of hydrogen-bond acceptors (Lipinski definition) is 5. The number of benzene rings is 1. The van der Waals surface area contributed by atoms with Crippen molar-refractivity contribution in [3.05, 3.63) is 17.2 Å². The van der Waals surface area contributed by atoms with Gasteiger partial charge in [0, 0.05) is 32.1 Å². The number of nitrogens with zero attached hydrogens (tertiary/aromatic N) is 3. The summed E-state index contributed by atoms with van der Waals surface area (Å²) in [6.45, 7) is 5.44. The molecule has 2 aliphatic rings. The Morgan fingerprint density at radius 3 is 2.60 bits per heavy atom. The van der Waals surface area contributed by atoms with Gasteiger partial charge in [0.25, 0.3) is 0 Å². The van der Waals surface area contributed by atoms with E-state index >= 15 is 0 Å². The van der Waals surface area contributed by atoms with Gasteiger partial charge in [0.15, 0.2) is 5.13 Å². The van der Waals surface area contributed by atoms with Crippen LogP contribution >= 0.6 is 22.9 Å². The number of methoxy groups -OCH3 is 1. The number of fused-ring (bicyclic) bond motifs is 1. The SMILES string of the molecule is CCCCC1CCC(C(=O)N2CCN(c3nc4c(OC)ccc(Cl)c4s3)CC2)CC1. The van der Waals surface area contributed by atoms with E-state index in [1.54, 1.807) is 18.4 Å². The molecule has 1 saturated carbocycles. The first-order valence-corrected chi connectivity index (χ1v) is 12.5. The topological polar surface area (TPSA) is 45.7 Å². The van der Waals surface area contributed by atoms with Crippen LogP contribution in [0.4, 0.5) is 5.13 Å². The van der Waals surface area contributed by atoms with Crippen LogP contribution in [-0.4, -0.2) is 49.1 Å². The zero-order chi connectivity index (χ0) is 21.1. The highest BCUT2D eigenvalue weighted by molar-refractivity contribution is 7.22. The quantitative estimate of drug-likeness (QED) is 0.575. The van der Waals surface area contributed by atoms with Crippen molar-refractivity contribution in [2.24, 2.45) is 11.8 Å². The lowest BCUT2D eigenvalue weighted by Crippen LogP contribution is -2.50. The molecule has 2 heterocycles. The number of anilines is 1. The van der Waals surface area contributed by atoms with E-state index in [1.165, 1.54) is 32.1 Å². The van der Waals surface area contributed by atoms with Crippen molar-refractivity contribution in [2.45, 2.75) is 51.9 Å². The van der Waals surface area contributed by atoms with E-state index in [4.69, 9.17) is 21.3 Å². The van der Waals surface area contributed by atoms with Gasteiger partial charge in [-0.05, 0) is 43.7 Å². The van der Waals surface area contributed by atoms with Crippen molar-refractivity contribution in [1.82, 2.24) is 9.88 Å². The van der Waals surface area contributed by atoms with E-state index in [0.717, 1.165) is 66.0 Å². The Labute approximate surface area is 188 Å². The van der Waals surface area contributed by atoms with Crippen molar-refractivity contribution in [2.75, 3.05) is 38.2 Å². The monoisotopic (exact) mass is 449 g/mol. The number of hydrogen-bond donors (Lipinski definition) is 0.